The molecule has 0 aliphatic carbocycles. The summed E-state index contributed by atoms with van der Waals surface area (Å²) in [6.45, 7) is 5.57. The van der Waals surface area contributed by atoms with Crippen molar-refractivity contribution in [3.05, 3.63) is 41.1 Å². The summed E-state index contributed by atoms with van der Waals surface area (Å²) in [5, 5.41) is 0. The lowest BCUT2D eigenvalue weighted by atomic mass is 10.1. The minimum Gasteiger partial charge on any atom is -0.496 e. The minimum absolute atomic E-state index is 0.263. The second-order valence-electron chi connectivity index (χ2n) is 5.09. The van der Waals surface area contributed by atoms with Crippen molar-refractivity contribution < 1.29 is 17.6 Å². The summed E-state index contributed by atoms with van der Waals surface area (Å²) in [5.41, 5.74) is 2.15. The molecule has 0 amide bonds. The third-order valence-corrected chi connectivity index (χ3v) is 4.92. The van der Waals surface area contributed by atoms with Gasteiger partial charge >= 0.3 is 0 Å². The van der Waals surface area contributed by atoms with E-state index in [0.29, 0.717) is 23.6 Å². The highest BCUT2D eigenvalue weighted by Crippen LogP contribution is 2.25. The first-order valence-electron chi connectivity index (χ1n) is 6.89. The Morgan fingerprint density at radius 3 is 2.55 bits per heavy atom. The van der Waals surface area contributed by atoms with Crippen LogP contribution in [0.15, 0.2) is 27.7 Å². The molecule has 0 saturated heterocycles. The number of benzene rings is 1. The van der Waals surface area contributed by atoms with Crippen molar-refractivity contribution in [3.63, 3.8) is 0 Å². The van der Waals surface area contributed by atoms with E-state index in [-0.39, 0.29) is 11.4 Å². The molecule has 0 radical (unpaired) electrons. The molecule has 0 unspecified atom stereocenters. The zero-order valence-corrected chi connectivity index (χ0v) is 14.0. The molecule has 0 aliphatic rings. The van der Waals surface area contributed by atoms with Gasteiger partial charge in [-0.1, -0.05) is 0 Å². The lowest BCUT2D eigenvalue weighted by Crippen LogP contribution is -2.26. The molecular formula is C15H20N2O4S. The predicted octanol–water partition coefficient (Wildman–Crippen LogP) is 2.13. The fraction of sp³-hybridized carbons (Fsp3) is 0.400. The summed E-state index contributed by atoms with van der Waals surface area (Å²) >= 11 is 0. The molecule has 0 aliphatic heterocycles. The van der Waals surface area contributed by atoms with E-state index < -0.39 is 10.0 Å². The highest BCUT2D eigenvalue weighted by atomic mass is 32.2. The molecule has 2 aromatic rings. The predicted molar refractivity (Wildman–Crippen MR) is 82.6 cm³/mol. The maximum atomic E-state index is 12.4. The molecule has 0 atom stereocenters. The molecule has 0 saturated carbocycles. The van der Waals surface area contributed by atoms with E-state index >= 15 is 0 Å². The van der Waals surface area contributed by atoms with Gasteiger partial charge in [-0.05, 0) is 37.1 Å². The van der Waals surface area contributed by atoms with Gasteiger partial charge < -0.3 is 9.15 Å². The van der Waals surface area contributed by atoms with E-state index in [2.05, 4.69) is 9.71 Å². The molecule has 0 bridgehead atoms. The Kier molecular flexibility index (Phi) is 4.87. The van der Waals surface area contributed by atoms with Gasteiger partial charge in [-0.15, -0.1) is 0 Å². The number of oxazole rings is 1. The minimum atomic E-state index is -3.57. The fourth-order valence-corrected chi connectivity index (χ4v) is 3.53. The normalized spacial score (nSPS) is 11.6. The van der Waals surface area contributed by atoms with Crippen molar-refractivity contribution in [3.8, 4) is 5.75 Å². The molecule has 22 heavy (non-hydrogen) atoms. The lowest BCUT2D eigenvalue weighted by molar-refractivity contribution is 0.411. The number of methoxy groups -OCH3 is 1. The van der Waals surface area contributed by atoms with E-state index in [1.165, 1.54) is 6.26 Å². The Morgan fingerprint density at radius 1 is 1.23 bits per heavy atom. The largest absolute Gasteiger partial charge is 0.496 e. The third-order valence-electron chi connectivity index (χ3n) is 3.32. The van der Waals surface area contributed by atoms with Crippen molar-refractivity contribution in [1.29, 1.82) is 0 Å². The molecular weight excluding hydrogens is 304 g/mol. The van der Waals surface area contributed by atoms with Crippen LogP contribution in [-0.4, -0.2) is 27.1 Å². The van der Waals surface area contributed by atoms with E-state index in [9.17, 15) is 8.42 Å². The number of nitrogens with zero attached hydrogens (tertiary/aromatic N) is 1. The number of nitrogens with one attached hydrogen (secondary N) is 1. The fourth-order valence-electron chi connectivity index (χ4n) is 2.19. The monoisotopic (exact) mass is 324 g/mol. The second kappa shape index (κ2) is 6.50. The van der Waals surface area contributed by atoms with Crippen molar-refractivity contribution in [2.45, 2.75) is 32.1 Å². The highest BCUT2D eigenvalue weighted by Gasteiger charge is 2.18. The van der Waals surface area contributed by atoms with Crippen molar-refractivity contribution in [2.75, 3.05) is 13.7 Å². The quantitative estimate of drug-likeness (QED) is 0.880. The number of rotatable bonds is 6. The summed E-state index contributed by atoms with van der Waals surface area (Å²) < 4.78 is 37.7. The Morgan fingerprint density at radius 2 is 1.95 bits per heavy atom. The van der Waals surface area contributed by atoms with Gasteiger partial charge in [0, 0.05) is 19.9 Å². The summed E-state index contributed by atoms with van der Waals surface area (Å²) in [6, 6.07) is 3.35. The van der Waals surface area contributed by atoms with E-state index in [1.807, 2.05) is 6.92 Å². The Balaban J connectivity index is 2.11. The number of aryl methyl sites for hydroxylation is 3. The molecule has 1 heterocycles. The van der Waals surface area contributed by atoms with Gasteiger partial charge in [0.05, 0.1) is 17.7 Å². The second-order valence-corrected chi connectivity index (χ2v) is 6.83. The lowest BCUT2D eigenvalue weighted by Gasteiger charge is -2.12. The van der Waals surface area contributed by atoms with Gasteiger partial charge in [-0.25, -0.2) is 18.1 Å². The van der Waals surface area contributed by atoms with Crippen LogP contribution in [0.25, 0.3) is 0 Å². The number of hydrogen-bond donors (Lipinski definition) is 1. The van der Waals surface area contributed by atoms with Crippen LogP contribution in [0.3, 0.4) is 0 Å². The van der Waals surface area contributed by atoms with Crippen molar-refractivity contribution >= 4 is 10.0 Å². The smallest absolute Gasteiger partial charge is 0.240 e. The molecule has 120 valence electrons. The number of ether oxygens (including phenoxy) is 1. The Labute approximate surface area is 130 Å². The van der Waals surface area contributed by atoms with Crippen LogP contribution in [0.4, 0.5) is 0 Å². The van der Waals surface area contributed by atoms with Crippen LogP contribution in [0.1, 0.15) is 22.7 Å². The van der Waals surface area contributed by atoms with Crippen molar-refractivity contribution in [2.24, 2.45) is 0 Å². The zero-order valence-electron chi connectivity index (χ0n) is 13.1. The summed E-state index contributed by atoms with van der Waals surface area (Å²) in [4.78, 5) is 4.41. The van der Waals surface area contributed by atoms with Gasteiger partial charge in [0.1, 0.15) is 12.0 Å². The van der Waals surface area contributed by atoms with Crippen molar-refractivity contribution in [1.82, 2.24) is 9.71 Å². The van der Waals surface area contributed by atoms with Crippen LogP contribution in [0, 0.1) is 20.8 Å². The Hall–Kier alpha value is -1.86. The van der Waals surface area contributed by atoms with Gasteiger partial charge in [-0.3, -0.25) is 0 Å². The van der Waals surface area contributed by atoms with Gasteiger partial charge in [0.2, 0.25) is 10.0 Å². The maximum absolute atomic E-state index is 12.4. The number of sulfonamides is 1. The third kappa shape index (κ3) is 3.66. The van der Waals surface area contributed by atoms with Crippen LogP contribution in [-0.2, 0) is 16.4 Å². The van der Waals surface area contributed by atoms with Gasteiger partial charge in [-0.2, -0.15) is 0 Å². The molecule has 6 nitrogen and oxygen atoms in total. The Bertz CT molecular complexity index is 766. The van der Waals surface area contributed by atoms with Crippen LogP contribution in [0.5, 0.6) is 5.75 Å². The van der Waals surface area contributed by atoms with Crippen LogP contribution < -0.4 is 9.46 Å². The molecule has 0 spiro atoms. The first-order valence-corrected chi connectivity index (χ1v) is 8.37. The van der Waals surface area contributed by atoms with Crippen LogP contribution in [0.2, 0.25) is 0 Å². The molecule has 0 fully saturated rings. The van der Waals surface area contributed by atoms with E-state index in [0.717, 1.165) is 11.3 Å². The summed E-state index contributed by atoms with van der Waals surface area (Å²) in [6.07, 6.45) is 2.01. The number of aromatic nitrogens is 1. The number of hydrogen-bond acceptors (Lipinski definition) is 5. The first kappa shape index (κ1) is 16.5. The highest BCUT2D eigenvalue weighted by molar-refractivity contribution is 7.89. The average molecular weight is 324 g/mol. The molecule has 1 N–H and O–H groups in total. The summed E-state index contributed by atoms with van der Waals surface area (Å²) in [5.74, 6) is 1.24. The summed E-state index contributed by atoms with van der Waals surface area (Å²) in [7, 11) is -2.00. The zero-order chi connectivity index (χ0) is 16.3. The first-order chi connectivity index (χ1) is 10.3. The molecule has 2 rings (SSSR count). The van der Waals surface area contributed by atoms with Gasteiger partial charge in [0.15, 0.2) is 5.89 Å². The maximum Gasteiger partial charge on any atom is 0.240 e. The standard InChI is InChI=1S/C15H20N2O4S/c1-10-8-15(11(2)7-14(10)20-4)22(18,19)16-6-5-13-9-21-12(3)17-13/h7-9,16H,5-6H2,1-4H3. The topological polar surface area (TPSA) is 81.4 Å². The van der Waals surface area contributed by atoms with E-state index in [1.54, 1.807) is 33.1 Å². The SMILES string of the molecule is COc1cc(C)c(S(=O)(=O)NCCc2coc(C)n2)cc1C. The molecule has 1 aromatic carbocycles. The van der Waals surface area contributed by atoms with Crippen LogP contribution >= 0.6 is 0 Å². The van der Waals surface area contributed by atoms with Gasteiger partial charge in [0.25, 0.3) is 0 Å². The molecule has 7 heteroatoms. The molecule has 1 aromatic heterocycles. The average Bonchev–Trinajstić information content (AvgIpc) is 2.86. The van der Waals surface area contributed by atoms with E-state index in [4.69, 9.17) is 9.15 Å².